The molecule has 100 valence electrons. The number of benzene rings is 2. The molecule has 0 spiro atoms. The van der Waals surface area contributed by atoms with Crippen LogP contribution in [0.2, 0.25) is 0 Å². The summed E-state index contributed by atoms with van der Waals surface area (Å²) in [5.74, 6) is 0.231. The highest BCUT2D eigenvalue weighted by atomic mass is 127. The maximum Gasteiger partial charge on any atom is 0.143 e. The van der Waals surface area contributed by atoms with E-state index < -0.39 is 0 Å². The highest BCUT2D eigenvalue weighted by molar-refractivity contribution is 14.1. The number of halogens is 3. The van der Waals surface area contributed by atoms with Crippen molar-refractivity contribution in [2.75, 3.05) is 5.32 Å². The number of phenols is 1. The first-order valence-electron chi connectivity index (χ1n) is 5.64. The third kappa shape index (κ3) is 3.86. The average Bonchev–Trinajstić information content (AvgIpc) is 2.34. The summed E-state index contributed by atoms with van der Waals surface area (Å²) in [6.45, 7) is 2.80. The van der Waals surface area contributed by atoms with Crippen molar-refractivity contribution in [3.63, 3.8) is 0 Å². The Kier molecular flexibility index (Phi) is 5.14. The van der Waals surface area contributed by atoms with Crippen molar-refractivity contribution < 1.29 is 5.11 Å². The SMILES string of the molecule is Cc1cc(I)ccc1NCc1cc(Br)c(O)c(Br)c1. The van der Waals surface area contributed by atoms with Gasteiger partial charge >= 0.3 is 0 Å². The summed E-state index contributed by atoms with van der Waals surface area (Å²) >= 11 is 8.98. The number of aromatic hydroxyl groups is 1. The molecule has 2 nitrogen and oxygen atoms in total. The van der Waals surface area contributed by atoms with Gasteiger partial charge in [-0.3, -0.25) is 0 Å². The van der Waals surface area contributed by atoms with Crippen LogP contribution in [0.4, 0.5) is 5.69 Å². The molecular weight excluding hydrogens is 485 g/mol. The van der Waals surface area contributed by atoms with Gasteiger partial charge in [0, 0.05) is 15.8 Å². The number of aryl methyl sites for hydroxylation is 1. The molecule has 0 heterocycles. The molecule has 5 heteroatoms. The first kappa shape index (κ1) is 15.1. The van der Waals surface area contributed by atoms with Crippen LogP contribution >= 0.6 is 54.5 Å². The van der Waals surface area contributed by atoms with E-state index in [-0.39, 0.29) is 5.75 Å². The molecule has 0 saturated carbocycles. The van der Waals surface area contributed by atoms with Crippen molar-refractivity contribution in [3.05, 3.63) is 54.0 Å². The average molecular weight is 497 g/mol. The van der Waals surface area contributed by atoms with E-state index in [1.165, 1.54) is 9.13 Å². The maximum absolute atomic E-state index is 9.68. The summed E-state index contributed by atoms with van der Waals surface area (Å²) < 4.78 is 2.62. The lowest BCUT2D eigenvalue weighted by Gasteiger charge is -2.11. The number of phenolic OH excluding ortho intramolecular Hbond substituents is 1. The number of rotatable bonds is 3. The van der Waals surface area contributed by atoms with E-state index >= 15 is 0 Å². The first-order valence-corrected chi connectivity index (χ1v) is 8.31. The molecule has 0 aromatic heterocycles. The van der Waals surface area contributed by atoms with E-state index in [0.717, 1.165) is 11.3 Å². The van der Waals surface area contributed by atoms with Crippen molar-refractivity contribution in [2.24, 2.45) is 0 Å². The molecule has 0 fully saturated rings. The van der Waals surface area contributed by atoms with Crippen molar-refractivity contribution in [1.82, 2.24) is 0 Å². The Morgan fingerprint density at radius 1 is 1.16 bits per heavy atom. The normalized spacial score (nSPS) is 10.5. The Labute approximate surface area is 143 Å². The lowest BCUT2D eigenvalue weighted by Crippen LogP contribution is -2.01. The molecule has 0 aliphatic carbocycles. The van der Waals surface area contributed by atoms with Gasteiger partial charge in [-0.1, -0.05) is 0 Å². The topological polar surface area (TPSA) is 32.3 Å². The molecule has 0 bridgehead atoms. The van der Waals surface area contributed by atoms with E-state index in [9.17, 15) is 5.11 Å². The van der Waals surface area contributed by atoms with Crippen molar-refractivity contribution in [3.8, 4) is 5.75 Å². The minimum atomic E-state index is 0.231. The monoisotopic (exact) mass is 495 g/mol. The minimum absolute atomic E-state index is 0.231. The molecular formula is C14H12Br2INO. The second kappa shape index (κ2) is 6.45. The predicted octanol–water partition coefficient (Wildman–Crippen LogP) is 5.44. The van der Waals surface area contributed by atoms with Gasteiger partial charge in [-0.25, -0.2) is 0 Å². The van der Waals surface area contributed by atoms with Crippen LogP contribution in [0, 0.1) is 10.5 Å². The highest BCUT2D eigenvalue weighted by Gasteiger charge is 2.06. The zero-order valence-corrected chi connectivity index (χ0v) is 15.5. The van der Waals surface area contributed by atoms with Crippen LogP contribution in [-0.2, 0) is 6.54 Å². The highest BCUT2D eigenvalue weighted by Crippen LogP contribution is 2.33. The summed E-state index contributed by atoms with van der Waals surface area (Å²) in [5, 5.41) is 13.1. The summed E-state index contributed by atoms with van der Waals surface area (Å²) in [7, 11) is 0. The van der Waals surface area contributed by atoms with E-state index in [2.05, 4.69) is 84.9 Å². The molecule has 2 N–H and O–H groups in total. The Balaban J connectivity index is 2.14. The van der Waals surface area contributed by atoms with Crippen molar-refractivity contribution in [2.45, 2.75) is 13.5 Å². The third-order valence-electron chi connectivity index (χ3n) is 2.75. The van der Waals surface area contributed by atoms with Gasteiger partial charge in [-0.05, 0) is 103 Å². The van der Waals surface area contributed by atoms with Crippen molar-refractivity contribution >= 4 is 60.1 Å². The lowest BCUT2D eigenvalue weighted by atomic mass is 10.1. The van der Waals surface area contributed by atoms with Crippen molar-refractivity contribution in [1.29, 1.82) is 0 Å². The third-order valence-corrected chi connectivity index (χ3v) is 4.63. The van der Waals surface area contributed by atoms with Gasteiger partial charge < -0.3 is 10.4 Å². The Morgan fingerprint density at radius 2 is 1.79 bits per heavy atom. The summed E-state index contributed by atoms with van der Waals surface area (Å²) in [6.07, 6.45) is 0. The fourth-order valence-corrected chi connectivity index (χ4v) is 3.67. The molecule has 0 aliphatic rings. The van der Waals surface area contributed by atoms with Crippen LogP contribution in [0.3, 0.4) is 0 Å². The largest absolute Gasteiger partial charge is 0.506 e. The van der Waals surface area contributed by atoms with Gasteiger partial charge in [-0.2, -0.15) is 0 Å². The second-order valence-corrected chi connectivity index (χ2v) is 7.18. The van der Waals surface area contributed by atoms with Crippen LogP contribution in [0.5, 0.6) is 5.75 Å². The molecule has 0 amide bonds. The van der Waals surface area contributed by atoms with Gasteiger partial charge in [0.1, 0.15) is 5.75 Å². The number of hydrogen-bond donors (Lipinski definition) is 2. The fraction of sp³-hybridized carbons (Fsp3) is 0.143. The summed E-state index contributed by atoms with van der Waals surface area (Å²) in [4.78, 5) is 0. The Bertz CT molecular complexity index is 593. The molecule has 2 aromatic carbocycles. The van der Waals surface area contributed by atoms with Crippen LogP contribution in [0.1, 0.15) is 11.1 Å². The lowest BCUT2D eigenvalue weighted by molar-refractivity contribution is 0.468. The molecule has 19 heavy (non-hydrogen) atoms. The van der Waals surface area contributed by atoms with E-state index in [1.807, 2.05) is 12.1 Å². The van der Waals surface area contributed by atoms with Gasteiger partial charge in [0.15, 0.2) is 0 Å². The van der Waals surface area contributed by atoms with Crippen LogP contribution in [0.25, 0.3) is 0 Å². The summed E-state index contributed by atoms with van der Waals surface area (Å²) in [6, 6.07) is 10.1. The zero-order valence-electron chi connectivity index (χ0n) is 10.2. The molecule has 0 unspecified atom stereocenters. The zero-order chi connectivity index (χ0) is 14.0. The minimum Gasteiger partial charge on any atom is -0.506 e. The number of nitrogens with one attached hydrogen (secondary N) is 1. The number of hydrogen-bond acceptors (Lipinski definition) is 2. The predicted molar refractivity (Wildman–Crippen MR) is 94.7 cm³/mol. The van der Waals surface area contributed by atoms with E-state index in [4.69, 9.17) is 0 Å². The van der Waals surface area contributed by atoms with Gasteiger partial charge in [0.05, 0.1) is 8.95 Å². The molecule has 0 aliphatic heterocycles. The van der Waals surface area contributed by atoms with E-state index in [1.54, 1.807) is 0 Å². The molecule has 0 radical (unpaired) electrons. The van der Waals surface area contributed by atoms with Gasteiger partial charge in [-0.15, -0.1) is 0 Å². The number of anilines is 1. The van der Waals surface area contributed by atoms with Gasteiger partial charge in [0.25, 0.3) is 0 Å². The quantitative estimate of drug-likeness (QED) is 0.554. The first-order chi connectivity index (χ1) is 8.97. The van der Waals surface area contributed by atoms with Crippen LogP contribution in [-0.4, -0.2) is 5.11 Å². The summed E-state index contributed by atoms with van der Waals surface area (Å²) in [5.41, 5.74) is 3.44. The fourth-order valence-electron chi connectivity index (χ4n) is 1.74. The molecule has 0 saturated heterocycles. The van der Waals surface area contributed by atoms with Gasteiger partial charge in [0.2, 0.25) is 0 Å². The smallest absolute Gasteiger partial charge is 0.143 e. The van der Waals surface area contributed by atoms with Crippen LogP contribution < -0.4 is 5.32 Å². The van der Waals surface area contributed by atoms with Crippen LogP contribution in [0.15, 0.2) is 39.3 Å². The molecule has 0 atom stereocenters. The maximum atomic E-state index is 9.68. The van der Waals surface area contributed by atoms with E-state index in [0.29, 0.717) is 15.5 Å². The molecule has 2 aromatic rings. The Hall–Kier alpha value is -0.270. The second-order valence-electron chi connectivity index (χ2n) is 4.22. The standard InChI is InChI=1S/C14H12Br2INO/c1-8-4-10(17)2-3-13(8)18-7-9-5-11(15)14(19)12(16)6-9/h2-6,18-19H,7H2,1H3. The molecule has 2 rings (SSSR count). The Morgan fingerprint density at radius 3 is 2.37 bits per heavy atom.